The molecule has 0 unspecified atom stereocenters. The van der Waals surface area contributed by atoms with Crippen LogP contribution in [0.2, 0.25) is 0 Å². The molecule has 1 atom stereocenters. The minimum atomic E-state index is -1.32. The molecule has 1 fully saturated rings. The normalized spacial score (nSPS) is 22.8. The van der Waals surface area contributed by atoms with Crippen LogP contribution in [0.25, 0.3) is 0 Å². The number of hydrogen-bond donors (Lipinski definition) is 3. The lowest BCUT2D eigenvalue weighted by molar-refractivity contribution is -0.168. The number of ketones is 1. The molecule has 0 aromatic carbocycles. The van der Waals surface area contributed by atoms with Crippen molar-refractivity contribution in [1.29, 1.82) is 0 Å². The summed E-state index contributed by atoms with van der Waals surface area (Å²) in [7, 11) is 0. The summed E-state index contributed by atoms with van der Waals surface area (Å²) < 4.78 is 10.3. The molecule has 1 rings (SSSR count). The van der Waals surface area contributed by atoms with Crippen molar-refractivity contribution in [3.05, 3.63) is 0 Å². The van der Waals surface area contributed by atoms with Crippen LogP contribution in [-0.2, 0) is 38.2 Å². The third-order valence-electron chi connectivity index (χ3n) is 4.26. The van der Waals surface area contributed by atoms with E-state index in [2.05, 4.69) is 10.6 Å². The number of esters is 2. The molecule has 0 aromatic heterocycles. The largest absolute Gasteiger partial charge is 0.465 e. The van der Waals surface area contributed by atoms with Crippen molar-refractivity contribution in [2.45, 2.75) is 45.6 Å². The third-order valence-corrected chi connectivity index (χ3v) is 5.13. The molecule has 2 amide bonds. The van der Waals surface area contributed by atoms with E-state index >= 15 is 0 Å². The summed E-state index contributed by atoms with van der Waals surface area (Å²) in [4.78, 5) is 71.8. The van der Waals surface area contributed by atoms with E-state index in [1.165, 1.54) is 0 Å². The Bertz CT molecular complexity index is 710. The second-order valence-electron chi connectivity index (χ2n) is 7.55. The monoisotopic (exact) mass is 459 g/mol. The third kappa shape index (κ3) is 10.4. The lowest BCUT2D eigenvalue weighted by Gasteiger charge is -2.32. The van der Waals surface area contributed by atoms with E-state index in [4.69, 9.17) is 15.2 Å². The Hall–Kier alpha value is -2.47. The van der Waals surface area contributed by atoms with E-state index in [-0.39, 0.29) is 62.2 Å². The quantitative estimate of drug-likeness (QED) is 0.346. The van der Waals surface area contributed by atoms with Crippen molar-refractivity contribution in [2.24, 2.45) is 11.1 Å². The summed E-state index contributed by atoms with van der Waals surface area (Å²) in [5, 5.41) is 4.78. The number of carbonyl (C=O) groups excluding carboxylic acids is 6. The van der Waals surface area contributed by atoms with Crippen molar-refractivity contribution < 1.29 is 38.2 Å². The lowest BCUT2D eigenvalue weighted by Crippen LogP contribution is -2.50. The molecule has 12 heteroatoms. The number of hydrogen-bond acceptors (Lipinski definition) is 10. The number of thioether (sulfide) groups is 1. The number of carbonyl (C=O) groups is 6. The lowest BCUT2D eigenvalue weighted by atomic mass is 9.86. The molecule has 1 saturated heterocycles. The van der Waals surface area contributed by atoms with Gasteiger partial charge in [-0.25, -0.2) is 0 Å². The molecule has 1 aliphatic heterocycles. The summed E-state index contributed by atoms with van der Waals surface area (Å²) in [6, 6.07) is 0. The van der Waals surface area contributed by atoms with E-state index in [9.17, 15) is 28.8 Å². The first-order valence-corrected chi connectivity index (χ1v) is 10.8. The van der Waals surface area contributed by atoms with Crippen LogP contribution in [0, 0.1) is 5.41 Å². The van der Waals surface area contributed by atoms with E-state index in [1.807, 2.05) is 0 Å². The molecule has 0 aromatic rings. The average Bonchev–Trinajstić information content (AvgIpc) is 2.71. The van der Waals surface area contributed by atoms with E-state index in [0.29, 0.717) is 0 Å². The van der Waals surface area contributed by atoms with Gasteiger partial charge in [0.05, 0.1) is 19.4 Å². The molecular formula is C19H29N3O8S. The van der Waals surface area contributed by atoms with Gasteiger partial charge in [0.15, 0.2) is 11.2 Å². The Morgan fingerprint density at radius 1 is 1.13 bits per heavy atom. The van der Waals surface area contributed by atoms with Crippen LogP contribution in [0.5, 0.6) is 0 Å². The molecule has 0 saturated carbocycles. The van der Waals surface area contributed by atoms with Crippen LogP contribution in [0.4, 0.5) is 0 Å². The van der Waals surface area contributed by atoms with Crippen LogP contribution in [0.1, 0.15) is 39.5 Å². The maximum Gasteiger partial charge on any atom is 0.320 e. The number of amides is 2. The summed E-state index contributed by atoms with van der Waals surface area (Å²) in [6.45, 7) is 2.60. The predicted octanol–water partition coefficient (Wildman–Crippen LogP) is -0.938. The highest BCUT2D eigenvalue weighted by Gasteiger charge is 2.39. The van der Waals surface area contributed by atoms with Gasteiger partial charge >= 0.3 is 11.9 Å². The zero-order chi connectivity index (χ0) is 23.4. The van der Waals surface area contributed by atoms with Gasteiger partial charge in [-0.3, -0.25) is 28.8 Å². The SMILES string of the molecule is CC1(C)COC(=O)CCC(=O)CC(=O)SCCNC(=O)CCNC(=O)[C@@H]1OC(=O)CN. The van der Waals surface area contributed by atoms with Crippen molar-refractivity contribution in [2.75, 3.05) is 32.0 Å². The first-order valence-electron chi connectivity index (χ1n) is 9.82. The van der Waals surface area contributed by atoms with Crippen molar-refractivity contribution in [3.8, 4) is 0 Å². The molecule has 0 bridgehead atoms. The van der Waals surface area contributed by atoms with Crippen LogP contribution in [-0.4, -0.2) is 72.7 Å². The zero-order valence-electron chi connectivity index (χ0n) is 17.7. The van der Waals surface area contributed by atoms with Crippen LogP contribution in [0.15, 0.2) is 0 Å². The van der Waals surface area contributed by atoms with Gasteiger partial charge in [0, 0.05) is 37.1 Å². The minimum absolute atomic E-state index is 0.0161. The molecule has 0 spiro atoms. The van der Waals surface area contributed by atoms with E-state index < -0.39 is 41.7 Å². The maximum absolute atomic E-state index is 12.6. The van der Waals surface area contributed by atoms with Crippen LogP contribution < -0.4 is 16.4 Å². The van der Waals surface area contributed by atoms with Crippen LogP contribution in [0.3, 0.4) is 0 Å². The molecule has 1 heterocycles. The number of nitrogens with two attached hydrogens (primary N) is 1. The fourth-order valence-corrected chi connectivity index (χ4v) is 3.23. The molecule has 4 N–H and O–H groups in total. The smallest absolute Gasteiger partial charge is 0.320 e. The highest BCUT2D eigenvalue weighted by Crippen LogP contribution is 2.25. The number of nitrogens with one attached hydrogen (secondary N) is 2. The minimum Gasteiger partial charge on any atom is -0.465 e. The molecule has 11 nitrogen and oxygen atoms in total. The predicted molar refractivity (Wildman–Crippen MR) is 111 cm³/mol. The first-order chi connectivity index (χ1) is 14.5. The van der Waals surface area contributed by atoms with Gasteiger partial charge in [0.2, 0.25) is 5.91 Å². The Balaban J connectivity index is 2.91. The van der Waals surface area contributed by atoms with Gasteiger partial charge in [0.25, 0.3) is 5.91 Å². The standard InChI is InChI=1S/C19H29N3O8S/c1-19(2)11-29-14(25)4-3-12(23)9-16(27)31-8-7-21-13(24)5-6-22-18(28)17(19)30-15(26)10-20/h17H,3-11,20H2,1-2H3,(H,21,24)(H,22,28)/t17-/m0/s1. The maximum atomic E-state index is 12.6. The number of cyclic esters (lactones) is 1. The second-order valence-corrected chi connectivity index (χ2v) is 8.70. The van der Waals surface area contributed by atoms with Gasteiger partial charge < -0.3 is 25.8 Å². The van der Waals surface area contributed by atoms with E-state index in [0.717, 1.165) is 11.8 Å². The second kappa shape index (κ2) is 13.1. The molecule has 0 aliphatic carbocycles. The fraction of sp³-hybridized carbons (Fsp3) is 0.684. The Kier molecular flexibility index (Phi) is 11.2. The molecular weight excluding hydrogens is 430 g/mol. The summed E-state index contributed by atoms with van der Waals surface area (Å²) >= 11 is 0.919. The number of Topliss-reactive ketones (excluding diaryl/α,β-unsaturated/α-hetero) is 1. The average molecular weight is 460 g/mol. The van der Waals surface area contributed by atoms with Gasteiger partial charge in [-0.15, -0.1) is 0 Å². The van der Waals surface area contributed by atoms with Gasteiger partial charge in [0.1, 0.15) is 12.4 Å². The zero-order valence-corrected chi connectivity index (χ0v) is 18.5. The highest BCUT2D eigenvalue weighted by molar-refractivity contribution is 8.13. The Morgan fingerprint density at radius 3 is 2.52 bits per heavy atom. The van der Waals surface area contributed by atoms with Gasteiger partial charge in [-0.1, -0.05) is 25.6 Å². The number of rotatable bonds is 2. The Morgan fingerprint density at radius 2 is 1.84 bits per heavy atom. The molecule has 31 heavy (non-hydrogen) atoms. The van der Waals surface area contributed by atoms with Crippen LogP contribution >= 0.6 is 11.8 Å². The summed E-state index contributed by atoms with van der Waals surface area (Å²) in [6.07, 6.45) is -2.04. The van der Waals surface area contributed by atoms with Crippen molar-refractivity contribution in [1.82, 2.24) is 10.6 Å². The molecule has 1 aliphatic rings. The molecule has 174 valence electrons. The van der Waals surface area contributed by atoms with E-state index in [1.54, 1.807) is 13.8 Å². The fourth-order valence-electron chi connectivity index (χ4n) is 2.54. The first kappa shape index (κ1) is 26.6. The topological polar surface area (TPSA) is 171 Å². The molecule has 0 radical (unpaired) electrons. The highest BCUT2D eigenvalue weighted by atomic mass is 32.2. The van der Waals surface area contributed by atoms with Gasteiger partial charge in [-0.05, 0) is 0 Å². The van der Waals surface area contributed by atoms with Crippen molar-refractivity contribution in [3.63, 3.8) is 0 Å². The summed E-state index contributed by atoms with van der Waals surface area (Å²) in [5.41, 5.74) is 4.15. The number of ether oxygens (including phenoxy) is 2. The Labute approximate surface area is 184 Å². The summed E-state index contributed by atoms with van der Waals surface area (Å²) in [5.74, 6) is -2.61. The van der Waals surface area contributed by atoms with Crippen molar-refractivity contribution >= 4 is 46.4 Å². The van der Waals surface area contributed by atoms with Gasteiger partial charge in [-0.2, -0.15) is 0 Å².